The van der Waals surface area contributed by atoms with E-state index in [2.05, 4.69) is 15.5 Å². The SMILES string of the molecule is CC(Sc1nnc(C2CC2)n1CCC(N)=O)C(=O)NCc1ccccc1. The van der Waals surface area contributed by atoms with E-state index in [0.717, 1.165) is 24.2 Å². The number of carbonyl (C=O) groups is 2. The van der Waals surface area contributed by atoms with Gasteiger partial charge in [-0.05, 0) is 25.3 Å². The molecule has 138 valence electrons. The van der Waals surface area contributed by atoms with Gasteiger partial charge in [0.2, 0.25) is 11.8 Å². The molecule has 2 aromatic rings. The summed E-state index contributed by atoms with van der Waals surface area (Å²) in [5, 5.41) is 11.8. The van der Waals surface area contributed by atoms with E-state index in [1.807, 2.05) is 41.8 Å². The van der Waals surface area contributed by atoms with Crippen molar-refractivity contribution in [3.05, 3.63) is 41.7 Å². The van der Waals surface area contributed by atoms with Crippen LogP contribution in [0.4, 0.5) is 0 Å². The maximum absolute atomic E-state index is 12.4. The highest BCUT2D eigenvalue weighted by atomic mass is 32.2. The molecule has 1 aliphatic carbocycles. The van der Waals surface area contributed by atoms with Gasteiger partial charge in [-0.15, -0.1) is 10.2 Å². The Kier molecular flexibility index (Phi) is 5.92. The summed E-state index contributed by atoms with van der Waals surface area (Å²) < 4.78 is 1.94. The molecule has 0 aliphatic heterocycles. The van der Waals surface area contributed by atoms with E-state index < -0.39 is 0 Å². The Bertz CT molecular complexity index is 773. The Morgan fingerprint density at radius 2 is 2.04 bits per heavy atom. The maximum atomic E-state index is 12.4. The highest BCUT2D eigenvalue weighted by Gasteiger charge is 2.31. The fourth-order valence-corrected chi connectivity index (χ4v) is 3.51. The van der Waals surface area contributed by atoms with E-state index in [0.29, 0.717) is 24.2 Å². The van der Waals surface area contributed by atoms with Crippen LogP contribution < -0.4 is 11.1 Å². The third kappa shape index (κ3) is 4.85. The molecule has 0 saturated heterocycles. The molecule has 2 amide bonds. The molecule has 1 aromatic carbocycles. The van der Waals surface area contributed by atoms with E-state index in [-0.39, 0.29) is 23.5 Å². The highest BCUT2D eigenvalue weighted by molar-refractivity contribution is 8.00. The molecular weight excluding hydrogens is 350 g/mol. The summed E-state index contributed by atoms with van der Waals surface area (Å²) in [6.45, 7) is 2.79. The van der Waals surface area contributed by atoms with Crippen LogP contribution >= 0.6 is 11.8 Å². The second-order valence-corrected chi connectivity index (χ2v) is 7.75. The molecule has 1 atom stereocenters. The predicted molar refractivity (Wildman–Crippen MR) is 99.4 cm³/mol. The zero-order valence-corrected chi connectivity index (χ0v) is 15.5. The topological polar surface area (TPSA) is 103 Å². The van der Waals surface area contributed by atoms with Crippen LogP contribution in [0.15, 0.2) is 35.5 Å². The molecule has 1 aromatic heterocycles. The summed E-state index contributed by atoms with van der Waals surface area (Å²) >= 11 is 1.36. The van der Waals surface area contributed by atoms with Gasteiger partial charge in [0.15, 0.2) is 5.16 Å². The number of aromatic nitrogens is 3. The fourth-order valence-electron chi connectivity index (χ4n) is 2.60. The van der Waals surface area contributed by atoms with E-state index in [1.165, 1.54) is 11.8 Å². The van der Waals surface area contributed by atoms with Crippen molar-refractivity contribution in [2.24, 2.45) is 5.73 Å². The molecule has 1 heterocycles. The fraction of sp³-hybridized carbons (Fsp3) is 0.444. The van der Waals surface area contributed by atoms with Gasteiger partial charge < -0.3 is 15.6 Å². The molecular formula is C18H23N5O2S. The molecule has 3 N–H and O–H groups in total. The first-order valence-corrected chi connectivity index (χ1v) is 9.62. The number of hydrogen-bond donors (Lipinski definition) is 2. The van der Waals surface area contributed by atoms with Crippen molar-refractivity contribution >= 4 is 23.6 Å². The molecule has 7 nitrogen and oxygen atoms in total. The number of carbonyl (C=O) groups excluding carboxylic acids is 2. The third-order valence-electron chi connectivity index (χ3n) is 4.23. The van der Waals surface area contributed by atoms with Gasteiger partial charge in [-0.3, -0.25) is 9.59 Å². The molecule has 0 spiro atoms. The van der Waals surface area contributed by atoms with Gasteiger partial charge in [-0.25, -0.2) is 0 Å². The third-order valence-corrected chi connectivity index (χ3v) is 5.31. The molecule has 26 heavy (non-hydrogen) atoms. The summed E-state index contributed by atoms with van der Waals surface area (Å²) in [6.07, 6.45) is 2.42. The largest absolute Gasteiger partial charge is 0.370 e. The Morgan fingerprint density at radius 1 is 1.31 bits per heavy atom. The van der Waals surface area contributed by atoms with Gasteiger partial charge >= 0.3 is 0 Å². The molecule has 1 saturated carbocycles. The minimum absolute atomic E-state index is 0.0590. The van der Waals surface area contributed by atoms with Crippen molar-refractivity contribution < 1.29 is 9.59 Å². The first-order chi connectivity index (χ1) is 12.5. The average molecular weight is 373 g/mol. The molecule has 8 heteroatoms. The smallest absolute Gasteiger partial charge is 0.233 e. The first-order valence-electron chi connectivity index (χ1n) is 8.74. The van der Waals surface area contributed by atoms with Gasteiger partial charge in [0.1, 0.15) is 5.82 Å². The highest BCUT2D eigenvalue weighted by Crippen LogP contribution is 2.40. The number of thioether (sulfide) groups is 1. The van der Waals surface area contributed by atoms with Crippen LogP contribution in [0.2, 0.25) is 0 Å². The Balaban J connectivity index is 1.61. The van der Waals surface area contributed by atoms with Crippen LogP contribution in [-0.4, -0.2) is 31.8 Å². The lowest BCUT2D eigenvalue weighted by molar-refractivity contribution is -0.120. The Labute approximate surface area is 156 Å². The normalized spacial score (nSPS) is 14.8. The number of nitrogens with two attached hydrogens (primary N) is 1. The summed E-state index contributed by atoms with van der Waals surface area (Å²) in [4.78, 5) is 23.5. The van der Waals surface area contributed by atoms with Crippen molar-refractivity contribution in [1.29, 1.82) is 0 Å². The lowest BCUT2D eigenvalue weighted by Gasteiger charge is -2.13. The minimum atomic E-state index is -0.356. The monoisotopic (exact) mass is 373 g/mol. The van der Waals surface area contributed by atoms with E-state index in [4.69, 9.17) is 5.73 Å². The van der Waals surface area contributed by atoms with Crippen molar-refractivity contribution in [2.45, 2.75) is 55.6 Å². The lowest BCUT2D eigenvalue weighted by atomic mass is 10.2. The zero-order chi connectivity index (χ0) is 18.5. The Hall–Kier alpha value is -2.35. The van der Waals surface area contributed by atoms with Crippen LogP contribution in [0.5, 0.6) is 0 Å². The van der Waals surface area contributed by atoms with Crippen molar-refractivity contribution in [2.75, 3.05) is 0 Å². The van der Waals surface area contributed by atoms with Crippen molar-refractivity contribution in [1.82, 2.24) is 20.1 Å². The van der Waals surface area contributed by atoms with E-state index in [1.54, 1.807) is 0 Å². The first kappa shape index (κ1) is 18.4. The van der Waals surface area contributed by atoms with Crippen molar-refractivity contribution in [3.63, 3.8) is 0 Å². The number of benzene rings is 1. The van der Waals surface area contributed by atoms with Crippen LogP contribution in [0.3, 0.4) is 0 Å². The molecule has 0 radical (unpaired) electrons. The van der Waals surface area contributed by atoms with Crippen molar-refractivity contribution in [3.8, 4) is 0 Å². The van der Waals surface area contributed by atoms with Gasteiger partial charge in [0.05, 0.1) is 5.25 Å². The zero-order valence-electron chi connectivity index (χ0n) is 14.7. The molecule has 1 fully saturated rings. The van der Waals surface area contributed by atoms with Gasteiger partial charge in [-0.2, -0.15) is 0 Å². The van der Waals surface area contributed by atoms with Gasteiger partial charge in [0, 0.05) is 25.4 Å². The second kappa shape index (κ2) is 8.35. The average Bonchev–Trinajstić information content (AvgIpc) is 3.40. The number of hydrogen-bond acceptors (Lipinski definition) is 5. The number of primary amides is 1. The standard InChI is InChI=1S/C18H23N5O2S/c1-12(17(25)20-11-13-5-3-2-4-6-13)26-18-22-21-16(14-7-8-14)23(18)10-9-15(19)24/h2-6,12,14H,7-11H2,1H3,(H2,19,24)(H,20,25). The molecule has 0 bridgehead atoms. The summed E-state index contributed by atoms with van der Waals surface area (Å²) in [7, 11) is 0. The second-order valence-electron chi connectivity index (χ2n) is 6.45. The molecule has 1 aliphatic rings. The lowest BCUT2D eigenvalue weighted by Crippen LogP contribution is -2.30. The number of nitrogens with zero attached hydrogens (tertiary/aromatic N) is 3. The molecule has 3 rings (SSSR count). The number of amides is 2. The van der Waals surface area contributed by atoms with E-state index >= 15 is 0 Å². The summed E-state index contributed by atoms with van der Waals surface area (Å²) in [5.41, 5.74) is 6.34. The van der Waals surface area contributed by atoms with Crippen LogP contribution in [0.1, 0.15) is 43.5 Å². The van der Waals surface area contributed by atoms with Gasteiger partial charge in [-0.1, -0.05) is 42.1 Å². The quantitative estimate of drug-likeness (QED) is 0.653. The maximum Gasteiger partial charge on any atom is 0.233 e. The van der Waals surface area contributed by atoms with Crippen LogP contribution in [0, 0.1) is 0 Å². The summed E-state index contributed by atoms with van der Waals surface area (Å²) in [5.74, 6) is 0.888. The van der Waals surface area contributed by atoms with Crippen LogP contribution in [-0.2, 0) is 22.7 Å². The van der Waals surface area contributed by atoms with Crippen LogP contribution in [0.25, 0.3) is 0 Å². The van der Waals surface area contributed by atoms with Gasteiger partial charge in [0.25, 0.3) is 0 Å². The number of nitrogens with one attached hydrogen (secondary N) is 1. The molecule has 1 unspecified atom stereocenters. The Morgan fingerprint density at radius 3 is 2.69 bits per heavy atom. The summed E-state index contributed by atoms with van der Waals surface area (Å²) in [6, 6.07) is 9.78. The van der Waals surface area contributed by atoms with E-state index in [9.17, 15) is 9.59 Å². The number of rotatable bonds is 9. The predicted octanol–water partition coefficient (Wildman–Crippen LogP) is 1.83. The minimum Gasteiger partial charge on any atom is -0.370 e.